The van der Waals surface area contributed by atoms with Gasteiger partial charge in [-0.2, -0.15) is 0 Å². The van der Waals surface area contributed by atoms with E-state index >= 15 is 0 Å². The highest BCUT2D eigenvalue weighted by molar-refractivity contribution is 6.02. The second-order valence-electron chi connectivity index (χ2n) is 5.08. The molecule has 0 aliphatic carbocycles. The van der Waals surface area contributed by atoms with Crippen LogP contribution in [-0.2, 0) is 4.79 Å². The Bertz CT molecular complexity index is 815. The Hall–Kier alpha value is -3.35. The first kappa shape index (κ1) is 17.0. The minimum absolute atomic E-state index is 0.0807. The van der Waals surface area contributed by atoms with Crippen molar-refractivity contribution in [3.8, 4) is 5.75 Å². The van der Waals surface area contributed by atoms with Crippen molar-refractivity contribution in [2.75, 3.05) is 18.2 Å². The maximum absolute atomic E-state index is 12.0. The molecule has 0 atom stereocenters. The van der Waals surface area contributed by atoms with Crippen molar-refractivity contribution in [2.24, 2.45) is 0 Å². The highest BCUT2D eigenvalue weighted by Gasteiger charge is 2.10. The molecule has 0 aliphatic heterocycles. The molecule has 0 spiro atoms. The van der Waals surface area contributed by atoms with Crippen LogP contribution in [0.3, 0.4) is 0 Å². The summed E-state index contributed by atoms with van der Waals surface area (Å²) in [6, 6.07) is 9.45. The average molecular weight is 327 g/mol. The predicted molar refractivity (Wildman–Crippen MR) is 92.9 cm³/mol. The molecule has 24 heavy (non-hydrogen) atoms. The minimum atomic E-state index is -0.509. The van der Waals surface area contributed by atoms with Crippen LogP contribution in [0, 0.1) is 17.0 Å². The number of nitro groups is 1. The number of carbonyl (C=O) groups is 1. The molecule has 0 aromatic heterocycles. The second-order valence-corrected chi connectivity index (χ2v) is 5.08. The summed E-state index contributed by atoms with van der Waals surface area (Å²) in [6.45, 7) is 1.76. The number of methoxy groups -OCH3 is 1. The topological polar surface area (TPSA) is 107 Å². The van der Waals surface area contributed by atoms with E-state index < -0.39 is 10.8 Å². The number of hydrogen-bond donors (Lipinski definition) is 2. The maximum Gasteiger partial charge on any atom is 0.271 e. The molecule has 0 bridgehead atoms. The zero-order valence-electron chi connectivity index (χ0n) is 13.3. The Labute approximate surface area is 138 Å². The Kier molecular flexibility index (Phi) is 5.16. The summed E-state index contributed by atoms with van der Waals surface area (Å²) in [5.41, 5.74) is 8.05. The molecule has 7 heteroatoms. The molecular weight excluding hydrogens is 310 g/mol. The fourth-order valence-electron chi connectivity index (χ4n) is 2.06. The Morgan fingerprint density at radius 1 is 1.29 bits per heavy atom. The van der Waals surface area contributed by atoms with E-state index in [4.69, 9.17) is 10.5 Å². The van der Waals surface area contributed by atoms with Crippen molar-refractivity contribution < 1.29 is 14.5 Å². The van der Waals surface area contributed by atoms with Crippen LogP contribution in [0.15, 0.2) is 42.5 Å². The molecule has 0 unspecified atom stereocenters. The van der Waals surface area contributed by atoms with Crippen LogP contribution in [0.1, 0.15) is 11.1 Å². The molecule has 0 fully saturated rings. The number of nitrogen functional groups attached to an aromatic ring is 1. The van der Waals surface area contributed by atoms with Crippen LogP contribution in [0.5, 0.6) is 5.75 Å². The van der Waals surface area contributed by atoms with Gasteiger partial charge < -0.3 is 15.8 Å². The van der Waals surface area contributed by atoms with Crippen LogP contribution in [-0.4, -0.2) is 17.9 Å². The zero-order valence-corrected chi connectivity index (χ0v) is 13.3. The number of benzene rings is 2. The lowest BCUT2D eigenvalue weighted by atomic mass is 10.1. The van der Waals surface area contributed by atoms with E-state index in [1.807, 2.05) is 0 Å². The van der Waals surface area contributed by atoms with Crippen LogP contribution in [0.4, 0.5) is 17.1 Å². The monoisotopic (exact) mass is 327 g/mol. The van der Waals surface area contributed by atoms with Crippen molar-refractivity contribution >= 4 is 29.0 Å². The van der Waals surface area contributed by atoms with Crippen molar-refractivity contribution in [3.05, 3.63) is 63.7 Å². The van der Waals surface area contributed by atoms with Gasteiger partial charge in [0.1, 0.15) is 5.75 Å². The second kappa shape index (κ2) is 7.28. The number of anilines is 2. The molecular formula is C17H17N3O4. The van der Waals surface area contributed by atoms with Crippen LogP contribution >= 0.6 is 0 Å². The Morgan fingerprint density at radius 3 is 2.67 bits per heavy atom. The molecule has 2 aromatic carbocycles. The molecule has 2 aromatic rings. The first-order valence-electron chi connectivity index (χ1n) is 7.08. The molecule has 0 aliphatic rings. The number of nitro benzene ring substituents is 1. The number of hydrogen-bond acceptors (Lipinski definition) is 5. The number of carbonyl (C=O) groups excluding carboxylic acids is 1. The maximum atomic E-state index is 12.0. The fourth-order valence-corrected chi connectivity index (χ4v) is 2.06. The summed E-state index contributed by atoms with van der Waals surface area (Å²) >= 11 is 0. The summed E-state index contributed by atoms with van der Waals surface area (Å²) in [5.74, 6) is 0.164. The molecule has 3 N–H and O–H groups in total. The minimum Gasteiger partial charge on any atom is -0.495 e. The molecule has 7 nitrogen and oxygen atoms in total. The normalized spacial score (nSPS) is 10.6. The third kappa shape index (κ3) is 4.10. The number of nitrogens with zero attached hydrogens (tertiary/aromatic N) is 1. The number of amides is 1. The third-order valence-corrected chi connectivity index (χ3v) is 3.37. The van der Waals surface area contributed by atoms with Crippen LogP contribution in [0.25, 0.3) is 6.08 Å². The van der Waals surface area contributed by atoms with Gasteiger partial charge in [0.2, 0.25) is 5.91 Å². The summed E-state index contributed by atoms with van der Waals surface area (Å²) in [4.78, 5) is 22.3. The van der Waals surface area contributed by atoms with Gasteiger partial charge in [0.05, 0.1) is 23.4 Å². The van der Waals surface area contributed by atoms with Gasteiger partial charge in [-0.1, -0.05) is 12.1 Å². The predicted octanol–water partition coefficient (Wildman–Crippen LogP) is 3.15. The lowest BCUT2D eigenvalue weighted by Crippen LogP contribution is -2.09. The molecule has 1 amide bonds. The van der Waals surface area contributed by atoms with Crippen molar-refractivity contribution in [3.63, 3.8) is 0 Å². The number of nitrogens with one attached hydrogen (secondary N) is 1. The molecule has 0 radical (unpaired) electrons. The van der Waals surface area contributed by atoms with E-state index in [-0.39, 0.29) is 5.69 Å². The van der Waals surface area contributed by atoms with E-state index in [9.17, 15) is 14.9 Å². The van der Waals surface area contributed by atoms with Gasteiger partial charge in [-0.05, 0) is 36.3 Å². The van der Waals surface area contributed by atoms with Crippen molar-refractivity contribution in [1.29, 1.82) is 0 Å². The average Bonchev–Trinajstić information content (AvgIpc) is 2.55. The van der Waals surface area contributed by atoms with E-state index in [0.717, 1.165) is 11.1 Å². The van der Waals surface area contributed by atoms with Gasteiger partial charge in [-0.25, -0.2) is 0 Å². The highest BCUT2D eigenvalue weighted by Crippen LogP contribution is 2.23. The number of rotatable bonds is 5. The largest absolute Gasteiger partial charge is 0.495 e. The quantitative estimate of drug-likeness (QED) is 0.379. The molecule has 0 saturated carbocycles. The van der Waals surface area contributed by atoms with Crippen LogP contribution in [0.2, 0.25) is 0 Å². The molecule has 0 saturated heterocycles. The number of aryl methyl sites for hydroxylation is 1. The summed E-state index contributed by atoms with van der Waals surface area (Å²) in [6.07, 6.45) is 2.93. The summed E-state index contributed by atoms with van der Waals surface area (Å²) < 4.78 is 5.06. The number of ether oxygens (including phenoxy) is 1. The third-order valence-electron chi connectivity index (χ3n) is 3.37. The van der Waals surface area contributed by atoms with Gasteiger partial charge in [0, 0.05) is 18.2 Å². The number of non-ortho nitro benzene ring substituents is 1. The lowest BCUT2D eigenvalue weighted by molar-refractivity contribution is -0.384. The van der Waals surface area contributed by atoms with Crippen LogP contribution < -0.4 is 15.8 Å². The highest BCUT2D eigenvalue weighted by atomic mass is 16.6. The van der Waals surface area contributed by atoms with Gasteiger partial charge >= 0.3 is 0 Å². The van der Waals surface area contributed by atoms with Gasteiger partial charge in [-0.15, -0.1) is 0 Å². The SMILES string of the molecule is COc1ccc(/C=C\C(=O)Nc2cc([N+](=O)[O-])ccc2C)cc1N. The summed E-state index contributed by atoms with van der Waals surface area (Å²) in [5, 5.41) is 13.4. The molecule has 124 valence electrons. The Morgan fingerprint density at radius 2 is 2.04 bits per heavy atom. The van der Waals surface area contributed by atoms with Crippen molar-refractivity contribution in [1.82, 2.24) is 0 Å². The standard InChI is InChI=1S/C17H17N3O4/c1-11-3-6-13(20(22)23)10-15(11)19-17(21)8-5-12-4-7-16(24-2)14(18)9-12/h3-10H,18H2,1-2H3,(H,19,21)/b8-5-. The van der Waals surface area contributed by atoms with E-state index in [1.165, 1.54) is 25.3 Å². The first-order valence-corrected chi connectivity index (χ1v) is 7.08. The zero-order chi connectivity index (χ0) is 17.7. The lowest BCUT2D eigenvalue weighted by Gasteiger charge is -2.06. The first-order chi connectivity index (χ1) is 11.4. The van der Waals surface area contributed by atoms with E-state index in [2.05, 4.69) is 5.32 Å². The van der Waals surface area contributed by atoms with E-state index in [0.29, 0.717) is 17.1 Å². The summed E-state index contributed by atoms with van der Waals surface area (Å²) in [7, 11) is 1.52. The van der Waals surface area contributed by atoms with Crippen molar-refractivity contribution in [2.45, 2.75) is 6.92 Å². The molecule has 0 heterocycles. The number of nitrogens with two attached hydrogens (primary N) is 1. The Balaban J connectivity index is 2.12. The smallest absolute Gasteiger partial charge is 0.271 e. The van der Waals surface area contributed by atoms with Gasteiger partial charge in [0.25, 0.3) is 5.69 Å². The van der Waals surface area contributed by atoms with Gasteiger partial charge in [-0.3, -0.25) is 14.9 Å². The molecule has 2 rings (SSSR count). The van der Waals surface area contributed by atoms with Gasteiger partial charge in [0.15, 0.2) is 0 Å². The van der Waals surface area contributed by atoms with E-state index in [1.54, 1.807) is 37.3 Å². The fraction of sp³-hybridized carbons (Fsp3) is 0.118.